The summed E-state index contributed by atoms with van der Waals surface area (Å²) < 4.78 is 39.5. The first-order chi connectivity index (χ1) is 11.8. The Morgan fingerprint density at radius 1 is 1.04 bits per heavy atom. The molecule has 0 aromatic heterocycles. The minimum atomic E-state index is -3.84. The second kappa shape index (κ2) is 7.98. The first-order valence-electron chi connectivity index (χ1n) is 7.64. The topological polar surface area (TPSA) is 55.4 Å². The van der Waals surface area contributed by atoms with Gasteiger partial charge < -0.3 is 4.84 Å². The molecule has 0 fully saturated rings. The number of hydrogen-bond acceptors (Lipinski definition) is 4. The molecule has 0 heterocycles. The number of halogens is 1. The summed E-state index contributed by atoms with van der Waals surface area (Å²) in [7, 11) is -3.84. The maximum absolute atomic E-state index is 14.4. The smallest absolute Gasteiger partial charge is 0.202 e. The van der Waals surface area contributed by atoms with Crippen molar-refractivity contribution in [1.29, 1.82) is 0 Å². The number of para-hydroxylation sites is 1. The molecule has 0 unspecified atom stereocenters. The van der Waals surface area contributed by atoms with Crippen molar-refractivity contribution in [1.82, 2.24) is 5.48 Å². The van der Waals surface area contributed by atoms with E-state index in [2.05, 4.69) is 5.48 Å². The summed E-state index contributed by atoms with van der Waals surface area (Å²) in [5, 5.41) is 0.836. The number of aryl methyl sites for hydroxylation is 1. The Kier molecular flexibility index (Phi) is 5.98. The van der Waals surface area contributed by atoms with E-state index in [4.69, 9.17) is 4.84 Å². The highest BCUT2D eigenvalue weighted by atomic mass is 32.2. The maximum atomic E-state index is 14.4. The van der Waals surface area contributed by atoms with Gasteiger partial charge in [-0.1, -0.05) is 35.9 Å². The normalized spacial score (nSPS) is 11.8. The molecule has 0 bridgehead atoms. The van der Waals surface area contributed by atoms with Gasteiger partial charge in [-0.3, -0.25) is 0 Å². The molecule has 0 radical (unpaired) electrons. The van der Waals surface area contributed by atoms with E-state index in [1.54, 1.807) is 50.2 Å². The zero-order valence-electron chi connectivity index (χ0n) is 14.3. The molecule has 0 saturated heterocycles. The summed E-state index contributed by atoms with van der Waals surface area (Å²) in [5.74, 6) is -0.255. The number of sulfone groups is 1. The van der Waals surface area contributed by atoms with Gasteiger partial charge in [0.25, 0.3) is 0 Å². The van der Waals surface area contributed by atoms with Gasteiger partial charge in [0, 0.05) is 0 Å². The molecule has 2 aromatic rings. The van der Waals surface area contributed by atoms with Crippen LogP contribution in [0.5, 0.6) is 5.75 Å². The molecule has 1 N–H and O–H groups in total. The Balaban J connectivity index is 2.35. The number of hydrogen-bond donors (Lipinski definition) is 1. The fraction of sp³-hybridized carbons (Fsp3) is 0.158. The largest absolute Gasteiger partial charge is 0.382 e. The summed E-state index contributed by atoms with van der Waals surface area (Å²) in [6, 6.07) is 15.0. The molecule has 2 aromatic carbocycles. The Morgan fingerprint density at radius 3 is 2.20 bits per heavy atom. The van der Waals surface area contributed by atoms with Crippen molar-refractivity contribution in [3.8, 4) is 5.75 Å². The molecule has 2 rings (SSSR count). The Morgan fingerprint density at radius 2 is 1.64 bits per heavy atom. The molecule has 132 valence electrons. The number of rotatable bonds is 6. The zero-order valence-corrected chi connectivity index (χ0v) is 15.1. The van der Waals surface area contributed by atoms with Crippen LogP contribution in [-0.4, -0.2) is 8.42 Å². The summed E-state index contributed by atoms with van der Waals surface area (Å²) in [4.78, 5) is 5.37. The van der Waals surface area contributed by atoms with Gasteiger partial charge in [-0.15, -0.1) is 0 Å². The van der Waals surface area contributed by atoms with Crippen molar-refractivity contribution in [2.45, 2.75) is 25.7 Å². The van der Waals surface area contributed by atoms with Crippen LogP contribution in [0.25, 0.3) is 0 Å². The molecule has 25 heavy (non-hydrogen) atoms. The molecule has 0 spiro atoms. The Labute approximate surface area is 147 Å². The van der Waals surface area contributed by atoms with Crippen LogP contribution in [-0.2, 0) is 9.84 Å². The van der Waals surface area contributed by atoms with Gasteiger partial charge in [0.1, 0.15) is 11.5 Å². The van der Waals surface area contributed by atoms with Crippen LogP contribution in [0.4, 0.5) is 4.39 Å². The third kappa shape index (κ3) is 5.19. The lowest BCUT2D eigenvalue weighted by atomic mass is 10.2. The van der Waals surface area contributed by atoms with E-state index >= 15 is 0 Å². The molecule has 0 atom stereocenters. The van der Waals surface area contributed by atoms with Crippen molar-refractivity contribution in [2.24, 2.45) is 0 Å². The van der Waals surface area contributed by atoms with E-state index < -0.39 is 15.7 Å². The van der Waals surface area contributed by atoms with Crippen molar-refractivity contribution in [2.75, 3.05) is 0 Å². The second-order valence-corrected chi connectivity index (χ2v) is 7.52. The highest BCUT2D eigenvalue weighted by Crippen LogP contribution is 2.20. The molecule has 6 heteroatoms. The molecular formula is C19H20FNO3S. The first-order valence-corrected chi connectivity index (χ1v) is 9.19. The SMILES string of the molecule is CC(C)=C(F)/C(=C/S(=O)(=O)c1ccc(C)cc1)NOc1ccccc1. The minimum absolute atomic E-state index is 0.0821. The van der Waals surface area contributed by atoms with E-state index in [0.29, 0.717) is 11.3 Å². The number of allylic oxidation sites excluding steroid dienone is 2. The van der Waals surface area contributed by atoms with Crippen molar-refractivity contribution in [3.05, 3.63) is 82.7 Å². The standard InChI is InChI=1S/C19H20FNO3S/c1-14(2)19(20)18(21-24-16-7-5-4-6-8-16)13-25(22,23)17-11-9-15(3)10-12-17/h4-13,21H,1-3H3/b18-13-. The molecule has 0 aliphatic rings. The number of benzene rings is 2. The van der Waals surface area contributed by atoms with Crippen LogP contribution < -0.4 is 10.3 Å². The van der Waals surface area contributed by atoms with Gasteiger partial charge >= 0.3 is 0 Å². The summed E-state index contributed by atoms with van der Waals surface area (Å²) in [5.41, 5.74) is 3.41. The van der Waals surface area contributed by atoms with Crippen LogP contribution in [0.1, 0.15) is 19.4 Å². The molecule has 0 aliphatic heterocycles. The number of nitrogens with one attached hydrogen (secondary N) is 1. The van der Waals surface area contributed by atoms with Crippen LogP contribution in [0.3, 0.4) is 0 Å². The highest BCUT2D eigenvalue weighted by Gasteiger charge is 2.17. The molecule has 0 aliphatic carbocycles. The Hall–Kier alpha value is -2.60. The first kappa shape index (κ1) is 18.7. The third-order valence-corrected chi connectivity index (χ3v) is 4.80. The van der Waals surface area contributed by atoms with Gasteiger partial charge in [-0.2, -0.15) is 0 Å². The lowest BCUT2D eigenvalue weighted by Crippen LogP contribution is -2.20. The van der Waals surface area contributed by atoms with Gasteiger partial charge in [-0.05, 0) is 50.6 Å². The molecule has 0 amide bonds. The third-order valence-electron chi connectivity index (χ3n) is 3.32. The molecule has 4 nitrogen and oxygen atoms in total. The highest BCUT2D eigenvalue weighted by molar-refractivity contribution is 7.94. The molecular weight excluding hydrogens is 341 g/mol. The summed E-state index contributed by atoms with van der Waals surface area (Å²) in [6.07, 6.45) is 0. The van der Waals surface area contributed by atoms with Crippen LogP contribution in [0.2, 0.25) is 0 Å². The maximum Gasteiger partial charge on any atom is 0.202 e. The summed E-state index contributed by atoms with van der Waals surface area (Å²) >= 11 is 0. The number of hydroxylamine groups is 1. The quantitative estimate of drug-likeness (QED) is 0.610. The van der Waals surface area contributed by atoms with Crippen molar-refractivity contribution >= 4 is 9.84 Å². The lowest BCUT2D eigenvalue weighted by molar-refractivity contribution is 0.227. The van der Waals surface area contributed by atoms with Gasteiger partial charge in [0.15, 0.2) is 5.75 Å². The average Bonchev–Trinajstić information content (AvgIpc) is 2.59. The van der Waals surface area contributed by atoms with E-state index in [9.17, 15) is 12.8 Å². The van der Waals surface area contributed by atoms with Crippen LogP contribution >= 0.6 is 0 Å². The van der Waals surface area contributed by atoms with Crippen LogP contribution in [0, 0.1) is 6.92 Å². The van der Waals surface area contributed by atoms with E-state index in [0.717, 1.165) is 11.0 Å². The van der Waals surface area contributed by atoms with E-state index in [1.165, 1.54) is 12.1 Å². The van der Waals surface area contributed by atoms with Gasteiger partial charge in [-0.25, -0.2) is 18.3 Å². The van der Waals surface area contributed by atoms with Crippen molar-refractivity contribution < 1.29 is 17.6 Å². The van der Waals surface area contributed by atoms with Crippen LogP contribution in [0.15, 0.2) is 82.0 Å². The summed E-state index contributed by atoms with van der Waals surface area (Å²) in [6.45, 7) is 4.95. The monoisotopic (exact) mass is 361 g/mol. The van der Waals surface area contributed by atoms with Gasteiger partial charge in [0.05, 0.1) is 10.3 Å². The lowest BCUT2D eigenvalue weighted by Gasteiger charge is -2.12. The Bertz CT molecular complexity index is 882. The van der Waals surface area contributed by atoms with E-state index in [1.807, 2.05) is 13.0 Å². The minimum Gasteiger partial charge on any atom is -0.382 e. The van der Waals surface area contributed by atoms with E-state index in [-0.39, 0.29) is 10.6 Å². The fourth-order valence-electron chi connectivity index (χ4n) is 1.94. The predicted molar refractivity (Wildman–Crippen MR) is 96.1 cm³/mol. The fourth-order valence-corrected chi connectivity index (χ4v) is 3.06. The average molecular weight is 361 g/mol. The second-order valence-electron chi connectivity index (χ2n) is 5.72. The van der Waals surface area contributed by atoms with Gasteiger partial charge in [0.2, 0.25) is 9.84 Å². The van der Waals surface area contributed by atoms with Crippen molar-refractivity contribution in [3.63, 3.8) is 0 Å². The predicted octanol–water partition coefficient (Wildman–Crippen LogP) is 4.46. The zero-order chi connectivity index (χ0) is 18.4. The molecule has 0 saturated carbocycles.